The Hall–Kier alpha value is -2.04. The molecule has 6 heteroatoms. The van der Waals surface area contributed by atoms with Gasteiger partial charge in [-0.25, -0.2) is 0 Å². The van der Waals surface area contributed by atoms with E-state index in [4.69, 9.17) is 23.2 Å². The highest BCUT2D eigenvalue weighted by atomic mass is 35.5. The lowest BCUT2D eigenvalue weighted by atomic mass is 10.1. The van der Waals surface area contributed by atoms with Gasteiger partial charge in [0.05, 0.1) is 6.42 Å². The van der Waals surface area contributed by atoms with E-state index < -0.39 is 11.6 Å². The normalized spacial score (nSPS) is 12.4. The fraction of sp³-hybridized carbons (Fsp3) is 0.391. The Kier molecular flexibility index (Phi) is 7.73. The second-order valence-corrected chi connectivity index (χ2v) is 9.11. The summed E-state index contributed by atoms with van der Waals surface area (Å²) in [6.45, 7) is 9.79. The van der Waals surface area contributed by atoms with E-state index in [0.717, 1.165) is 11.1 Å². The van der Waals surface area contributed by atoms with Gasteiger partial charge in [0.25, 0.3) is 0 Å². The molecule has 0 unspecified atom stereocenters. The van der Waals surface area contributed by atoms with Crippen molar-refractivity contribution in [3.8, 4) is 0 Å². The van der Waals surface area contributed by atoms with Crippen LogP contribution in [0.15, 0.2) is 42.5 Å². The molecule has 1 atom stereocenters. The monoisotopic (exact) mass is 434 g/mol. The van der Waals surface area contributed by atoms with Crippen molar-refractivity contribution in [1.29, 1.82) is 0 Å². The van der Waals surface area contributed by atoms with Gasteiger partial charge in [-0.1, -0.05) is 59.1 Å². The first kappa shape index (κ1) is 23.2. The number of hydrogen-bond acceptors (Lipinski definition) is 2. The van der Waals surface area contributed by atoms with E-state index in [1.165, 1.54) is 0 Å². The van der Waals surface area contributed by atoms with Gasteiger partial charge in [-0.2, -0.15) is 0 Å². The van der Waals surface area contributed by atoms with Gasteiger partial charge in [0, 0.05) is 22.1 Å². The highest BCUT2D eigenvalue weighted by molar-refractivity contribution is 6.36. The minimum Gasteiger partial charge on any atom is -0.350 e. The summed E-state index contributed by atoms with van der Waals surface area (Å²) in [5.41, 5.74) is 2.26. The Morgan fingerprint density at radius 3 is 2.10 bits per heavy atom. The zero-order chi connectivity index (χ0) is 21.8. The molecule has 0 fully saturated rings. The molecule has 0 aliphatic heterocycles. The van der Waals surface area contributed by atoms with Crippen LogP contribution in [0.4, 0.5) is 0 Å². The number of carbonyl (C=O) groups excluding carboxylic acids is 2. The number of nitrogens with zero attached hydrogens (tertiary/aromatic N) is 1. The van der Waals surface area contributed by atoms with Gasteiger partial charge in [0.2, 0.25) is 11.8 Å². The zero-order valence-electron chi connectivity index (χ0n) is 17.6. The Balaban J connectivity index is 2.30. The number of hydrogen-bond donors (Lipinski definition) is 1. The first-order valence-electron chi connectivity index (χ1n) is 9.58. The van der Waals surface area contributed by atoms with Gasteiger partial charge in [-0.05, 0) is 57.9 Å². The molecule has 29 heavy (non-hydrogen) atoms. The van der Waals surface area contributed by atoms with E-state index in [1.54, 1.807) is 30.0 Å². The summed E-state index contributed by atoms with van der Waals surface area (Å²) in [5.74, 6) is -0.416. The first-order valence-corrected chi connectivity index (χ1v) is 10.3. The molecule has 4 nitrogen and oxygen atoms in total. The topological polar surface area (TPSA) is 49.4 Å². The maximum Gasteiger partial charge on any atom is 0.242 e. The largest absolute Gasteiger partial charge is 0.350 e. The third-order valence-electron chi connectivity index (χ3n) is 4.53. The third kappa shape index (κ3) is 6.76. The number of benzene rings is 2. The molecule has 2 aromatic carbocycles. The number of nitrogens with one attached hydrogen (secondary N) is 1. The predicted molar refractivity (Wildman–Crippen MR) is 119 cm³/mol. The zero-order valence-corrected chi connectivity index (χ0v) is 19.1. The summed E-state index contributed by atoms with van der Waals surface area (Å²) in [6, 6.07) is 12.4. The molecular weight excluding hydrogens is 407 g/mol. The number of amides is 2. The van der Waals surface area contributed by atoms with E-state index in [0.29, 0.717) is 22.2 Å². The van der Waals surface area contributed by atoms with Crippen LogP contribution >= 0.6 is 23.2 Å². The first-order chi connectivity index (χ1) is 13.5. The van der Waals surface area contributed by atoms with Crippen LogP contribution in [0.5, 0.6) is 0 Å². The van der Waals surface area contributed by atoms with Crippen LogP contribution in [-0.4, -0.2) is 28.3 Å². The third-order valence-corrected chi connectivity index (χ3v) is 5.24. The molecule has 0 aliphatic rings. The molecular formula is C23H28Cl2N2O2. The minimum absolute atomic E-state index is 0.0253. The average molecular weight is 435 g/mol. The van der Waals surface area contributed by atoms with Crippen LogP contribution in [0, 0.1) is 6.92 Å². The van der Waals surface area contributed by atoms with E-state index in [9.17, 15) is 9.59 Å². The highest BCUT2D eigenvalue weighted by Crippen LogP contribution is 2.26. The lowest BCUT2D eigenvalue weighted by Crippen LogP contribution is -2.52. The fourth-order valence-corrected chi connectivity index (χ4v) is 3.43. The smallest absolute Gasteiger partial charge is 0.242 e. The maximum atomic E-state index is 13.2. The molecule has 0 heterocycles. The molecule has 2 rings (SSSR count). The van der Waals surface area contributed by atoms with Gasteiger partial charge in [0.1, 0.15) is 6.04 Å². The Morgan fingerprint density at radius 1 is 1.03 bits per heavy atom. The number of carbonyl (C=O) groups is 2. The number of rotatable bonds is 6. The van der Waals surface area contributed by atoms with Gasteiger partial charge < -0.3 is 10.2 Å². The second-order valence-electron chi connectivity index (χ2n) is 8.30. The Bertz CT molecular complexity index is 853. The van der Waals surface area contributed by atoms with E-state index in [1.807, 2.05) is 52.0 Å². The summed E-state index contributed by atoms with van der Waals surface area (Å²) in [5, 5.41) is 3.83. The molecule has 0 bridgehead atoms. The van der Waals surface area contributed by atoms with Crippen molar-refractivity contribution >= 4 is 35.0 Å². The number of aryl methyl sites for hydroxylation is 1. The van der Waals surface area contributed by atoms with Crippen LogP contribution in [0.25, 0.3) is 0 Å². The lowest BCUT2D eigenvalue weighted by Gasteiger charge is -2.31. The standard InChI is InChI=1S/C23H28Cl2N2O2/c1-15-9-11-17(12-10-15)14-27(16(2)22(29)26-23(3,4)5)21(28)13-18-19(24)7-6-8-20(18)25/h6-12,16H,13-14H2,1-5H3,(H,26,29)/t16-/m1/s1. The van der Waals surface area contributed by atoms with Crippen molar-refractivity contribution in [3.63, 3.8) is 0 Å². The highest BCUT2D eigenvalue weighted by Gasteiger charge is 2.29. The van der Waals surface area contributed by atoms with Crippen LogP contribution in [0.2, 0.25) is 10.0 Å². The summed E-state index contributed by atoms with van der Waals surface area (Å²) >= 11 is 12.5. The molecule has 0 saturated carbocycles. The van der Waals surface area contributed by atoms with E-state index in [-0.39, 0.29) is 18.2 Å². The van der Waals surface area contributed by atoms with Crippen LogP contribution in [-0.2, 0) is 22.6 Å². The van der Waals surface area contributed by atoms with Crippen LogP contribution in [0.3, 0.4) is 0 Å². The Morgan fingerprint density at radius 2 is 1.59 bits per heavy atom. The fourth-order valence-electron chi connectivity index (χ4n) is 2.90. The van der Waals surface area contributed by atoms with Gasteiger partial charge in [-0.3, -0.25) is 9.59 Å². The predicted octanol–water partition coefficient (Wildman–Crippen LogP) is 5.18. The SMILES string of the molecule is Cc1ccc(CN(C(=O)Cc2c(Cl)cccc2Cl)[C@H](C)C(=O)NC(C)(C)C)cc1. The van der Waals surface area contributed by atoms with Crippen molar-refractivity contribution in [1.82, 2.24) is 10.2 Å². The number of halogens is 2. The van der Waals surface area contributed by atoms with Gasteiger partial charge >= 0.3 is 0 Å². The van der Waals surface area contributed by atoms with Crippen LogP contribution in [0.1, 0.15) is 44.4 Å². The molecule has 0 saturated heterocycles. The maximum absolute atomic E-state index is 13.2. The van der Waals surface area contributed by atoms with Crippen molar-refractivity contribution in [2.24, 2.45) is 0 Å². The van der Waals surface area contributed by atoms with Crippen molar-refractivity contribution in [2.45, 2.75) is 59.2 Å². The summed E-state index contributed by atoms with van der Waals surface area (Å²) in [6.07, 6.45) is 0.0253. The van der Waals surface area contributed by atoms with Crippen molar-refractivity contribution < 1.29 is 9.59 Å². The van der Waals surface area contributed by atoms with Crippen molar-refractivity contribution in [3.05, 3.63) is 69.2 Å². The summed E-state index contributed by atoms with van der Waals surface area (Å²) in [7, 11) is 0. The molecule has 0 spiro atoms. The molecule has 0 radical (unpaired) electrons. The molecule has 0 aromatic heterocycles. The molecule has 2 amide bonds. The quantitative estimate of drug-likeness (QED) is 0.680. The molecule has 1 N–H and O–H groups in total. The summed E-state index contributed by atoms with van der Waals surface area (Å²) < 4.78 is 0. The lowest BCUT2D eigenvalue weighted by molar-refractivity contribution is -0.140. The van der Waals surface area contributed by atoms with E-state index >= 15 is 0 Å². The molecule has 0 aliphatic carbocycles. The van der Waals surface area contributed by atoms with Crippen LogP contribution < -0.4 is 5.32 Å². The minimum atomic E-state index is -0.649. The summed E-state index contributed by atoms with van der Waals surface area (Å²) in [4.78, 5) is 27.6. The average Bonchev–Trinajstić information content (AvgIpc) is 2.62. The second kappa shape index (κ2) is 9.64. The molecule has 2 aromatic rings. The Labute approximate surface area is 183 Å². The van der Waals surface area contributed by atoms with Gasteiger partial charge in [-0.15, -0.1) is 0 Å². The molecule has 156 valence electrons. The van der Waals surface area contributed by atoms with E-state index in [2.05, 4.69) is 5.32 Å². The van der Waals surface area contributed by atoms with Gasteiger partial charge in [0.15, 0.2) is 0 Å². The van der Waals surface area contributed by atoms with Crippen molar-refractivity contribution in [2.75, 3.05) is 0 Å².